The minimum atomic E-state index is -0.829. The Morgan fingerprint density at radius 3 is 2.50 bits per heavy atom. The standard InChI is InChI=1S/C14H21NO3/c1-9(2)10-5-4-6-11(14(10)18-3)12(15)7-8-13(16)17/h4-6,9,12H,7-8,15H2,1-3H3,(H,16,17). The molecule has 0 fully saturated rings. The Kier molecular flexibility index (Phi) is 5.16. The van der Waals surface area contributed by atoms with E-state index in [0.29, 0.717) is 12.3 Å². The number of para-hydroxylation sites is 1. The average Bonchev–Trinajstić information content (AvgIpc) is 2.34. The molecule has 0 heterocycles. The van der Waals surface area contributed by atoms with Crippen LogP contribution < -0.4 is 10.5 Å². The summed E-state index contributed by atoms with van der Waals surface area (Å²) in [7, 11) is 1.62. The van der Waals surface area contributed by atoms with E-state index in [9.17, 15) is 4.79 Å². The summed E-state index contributed by atoms with van der Waals surface area (Å²) in [5, 5.41) is 8.69. The van der Waals surface area contributed by atoms with Crippen molar-refractivity contribution in [3.8, 4) is 5.75 Å². The fourth-order valence-corrected chi connectivity index (χ4v) is 1.99. The van der Waals surface area contributed by atoms with Gasteiger partial charge in [0.15, 0.2) is 0 Å². The predicted octanol–water partition coefficient (Wildman–Crippen LogP) is 2.68. The van der Waals surface area contributed by atoms with Gasteiger partial charge in [-0.25, -0.2) is 0 Å². The largest absolute Gasteiger partial charge is 0.496 e. The van der Waals surface area contributed by atoms with E-state index < -0.39 is 5.97 Å². The molecule has 3 N–H and O–H groups in total. The summed E-state index contributed by atoms with van der Waals surface area (Å²) >= 11 is 0. The molecule has 1 unspecified atom stereocenters. The lowest BCUT2D eigenvalue weighted by atomic mass is 9.94. The fraction of sp³-hybridized carbons (Fsp3) is 0.500. The maximum Gasteiger partial charge on any atom is 0.303 e. The van der Waals surface area contributed by atoms with Crippen molar-refractivity contribution in [2.45, 2.75) is 38.6 Å². The molecule has 0 amide bonds. The highest BCUT2D eigenvalue weighted by Crippen LogP contribution is 2.34. The third-order valence-corrected chi connectivity index (χ3v) is 2.97. The second-order valence-electron chi connectivity index (χ2n) is 4.66. The van der Waals surface area contributed by atoms with Crippen molar-refractivity contribution >= 4 is 5.97 Å². The van der Waals surface area contributed by atoms with Gasteiger partial charge in [-0.05, 0) is 17.9 Å². The van der Waals surface area contributed by atoms with Crippen LogP contribution in [0.15, 0.2) is 18.2 Å². The Hall–Kier alpha value is -1.55. The van der Waals surface area contributed by atoms with E-state index in [1.165, 1.54) is 0 Å². The molecule has 1 rings (SSSR count). The molecule has 0 aliphatic rings. The van der Waals surface area contributed by atoms with Crippen LogP contribution in [0, 0.1) is 0 Å². The van der Waals surface area contributed by atoms with Crippen LogP contribution in [0.1, 0.15) is 49.8 Å². The molecule has 4 nitrogen and oxygen atoms in total. The zero-order chi connectivity index (χ0) is 13.7. The Morgan fingerprint density at radius 1 is 1.39 bits per heavy atom. The maximum atomic E-state index is 10.6. The van der Waals surface area contributed by atoms with Crippen LogP contribution in [0.5, 0.6) is 5.75 Å². The number of carboxylic acid groups (broad SMARTS) is 1. The van der Waals surface area contributed by atoms with Crippen molar-refractivity contribution in [2.75, 3.05) is 7.11 Å². The van der Waals surface area contributed by atoms with Crippen molar-refractivity contribution in [3.63, 3.8) is 0 Å². The number of ether oxygens (including phenoxy) is 1. The van der Waals surface area contributed by atoms with Crippen LogP contribution in [0.25, 0.3) is 0 Å². The molecule has 100 valence electrons. The van der Waals surface area contributed by atoms with Crippen molar-refractivity contribution in [1.29, 1.82) is 0 Å². The molecule has 1 aromatic rings. The molecular formula is C14H21NO3. The van der Waals surface area contributed by atoms with Gasteiger partial charge in [-0.1, -0.05) is 32.0 Å². The third kappa shape index (κ3) is 3.47. The monoisotopic (exact) mass is 251 g/mol. The predicted molar refractivity (Wildman–Crippen MR) is 70.9 cm³/mol. The first-order valence-electron chi connectivity index (χ1n) is 6.11. The second kappa shape index (κ2) is 6.40. The van der Waals surface area contributed by atoms with Crippen molar-refractivity contribution < 1.29 is 14.6 Å². The number of hydrogen-bond donors (Lipinski definition) is 2. The lowest BCUT2D eigenvalue weighted by Crippen LogP contribution is -2.14. The van der Waals surface area contributed by atoms with E-state index in [2.05, 4.69) is 13.8 Å². The average molecular weight is 251 g/mol. The Balaban J connectivity index is 3.00. The molecule has 0 bridgehead atoms. The quantitative estimate of drug-likeness (QED) is 0.815. The molecule has 18 heavy (non-hydrogen) atoms. The van der Waals surface area contributed by atoms with E-state index in [4.69, 9.17) is 15.6 Å². The van der Waals surface area contributed by atoms with E-state index in [1.807, 2.05) is 18.2 Å². The molecule has 0 aliphatic heterocycles. The second-order valence-corrected chi connectivity index (χ2v) is 4.66. The number of nitrogens with two attached hydrogens (primary N) is 1. The van der Waals surface area contributed by atoms with Crippen LogP contribution in [0.4, 0.5) is 0 Å². The summed E-state index contributed by atoms with van der Waals surface area (Å²) in [6.45, 7) is 4.18. The summed E-state index contributed by atoms with van der Waals surface area (Å²) in [4.78, 5) is 10.6. The minimum absolute atomic E-state index is 0.0657. The van der Waals surface area contributed by atoms with E-state index in [-0.39, 0.29) is 12.5 Å². The SMILES string of the molecule is COc1c(C(C)C)cccc1C(N)CCC(=O)O. The summed E-state index contributed by atoms with van der Waals surface area (Å²) in [6, 6.07) is 5.54. The van der Waals surface area contributed by atoms with Gasteiger partial charge in [0.2, 0.25) is 0 Å². The smallest absolute Gasteiger partial charge is 0.303 e. The first-order chi connectivity index (χ1) is 8.47. The Labute approximate surface area is 108 Å². The first-order valence-corrected chi connectivity index (χ1v) is 6.11. The van der Waals surface area contributed by atoms with Crippen LogP contribution in [0.2, 0.25) is 0 Å². The van der Waals surface area contributed by atoms with Crippen LogP contribution in [0.3, 0.4) is 0 Å². The molecule has 0 saturated carbocycles. The number of carboxylic acids is 1. The molecule has 0 saturated heterocycles. The molecular weight excluding hydrogens is 230 g/mol. The van der Waals surface area contributed by atoms with Gasteiger partial charge in [-0.15, -0.1) is 0 Å². The zero-order valence-corrected chi connectivity index (χ0v) is 11.1. The van der Waals surface area contributed by atoms with Crippen molar-refractivity contribution in [2.24, 2.45) is 5.73 Å². The number of benzene rings is 1. The van der Waals surface area contributed by atoms with Gasteiger partial charge in [0, 0.05) is 18.0 Å². The molecule has 4 heteroatoms. The lowest BCUT2D eigenvalue weighted by Gasteiger charge is -2.19. The van der Waals surface area contributed by atoms with Gasteiger partial charge < -0.3 is 15.6 Å². The molecule has 0 aliphatic carbocycles. The number of hydrogen-bond acceptors (Lipinski definition) is 3. The lowest BCUT2D eigenvalue weighted by molar-refractivity contribution is -0.137. The first kappa shape index (κ1) is 14.5. The van der Waals surface area contributed by atoms with Gasteiger partial charge >= 0.3 is 5.97 Å². The van der Waals surface area contributed by atoms with E-state index in [1.54, 1.807) is 7.11 Å². The van der Waals surface area contributed by atoms with Crippen LogP contribution in [-0.4, -0.2) is 18.2 Å². The van der Waals surface area contributed by atoms with E-state index in [0.717, 1.165) is 16.9 Å². The molecule has 1 aromatic carbocycles. The number of aliphatic carboxylic acids is 1. The summed E-state index contributed by atoms with van der Waals surface area (Å²) in [5.41, 5.74) is 8.02. The van der Waals surface area contributed by atoms with Crippen LogP contribution >= 0.6 is 0 Å². The summed E-state index contributed by atoms with van der Waals surface area (Å²) < 4.78 is 5.44. The number of methoxy groups -OCH3 is 1. The van der Waals surface area contributed by atoms with E-state index >= 15 is 0 Å². The highest BCUT2D eigenvalue weighted by molar-refractivity contribution is 5.66. The molecule has 0 aromatic heterocycles. The maximum absolute atomic E-state index is 10.6. The number of rotatable bonds is 6. The van der Waals surface area contributed by atoms with Crippen molar-refractivity contribution in [3.05, 3.63) is 29.3 Å². The Bertz CT molecular complexity index is 416. The van der Waals surface area contributed by atoms with Gasteiger partial charge in [0.25, 0.3) is 0 Å². The van der Waals surface area contributed by atoms with Gasteiger partial charge in [0.05, 0.1) is 7.11 Å². The minimum Gasteiger partial charge on any atom is -0.496 e. The molecule has 0 radical (unpaired) electrons. The Morgan fingerprint density at radius 2 is 2.00 bits per heavy atom. The van der Waals surface area contributed by atoms with Gasteiger partial charge in [-0.3, -0.25) is 4.79 Å². The number of carbonyl (C=O) groups is 1. The highest BCUT2D eigenvalue weighted by Gasteiger charge is 2.17. The summed E-state index contributed by atoms with van der Waals surface area (Å²) in [6.07, 6.45) is 0.476. The van der Waals surface area contributed by atoms with Gasteiger partial charge in [-0.2, -0.15) is 0 Å². The van der Waals surface area contributed by atoms with Crippen LogP contribution in [-0.2, 0) is 4.79 Å². The molecule has 1 atom stereocenters. The van der Waals surface area contributed by atoms with Gasteiger partial charge in [0.1, 0.15) is 5.75 Å². The topological polar surface area (TPSA) is 72.5 Å². The molecule has 0 spiro atoms. The summed E-state index contributed by atoms with van der Waals surface area (Å²) in [5.74, 6) is 0.293. The third-order valence-electron chi connectivity index (χ3n) is 2.97. The normalized spacial score (nSPS) is 12.5. The fourth-order valence-electron chi connectivity index (χ4n) is 1.99. The zero-order valence-electron chi connectivity index (χ0n) is 11.1. The van der Waals surface area contributed by atoms with Crippen molar-refractivity contribution in [1.82, 2.24) is 0 Å². The highest BCUT2D eigenvalue weighted by atomic mass is 16.5.